The van der Waals surface area contributed by atoms with Gasteiger partial charge in [0.25, 0.3) is 0 Å². The largest absolute Gasteiger partial charge is 0.493 e. The summed E-state index contributed by atoms with van der Waals surface area (Å²) in [6.07, 6.45) is 1.72. The van der Waals surface area contributed by atoms with Gasteiger partial charge in [0, 0.05) is 24.7 Å². The standard InChI is InChI=1S/C21H25NO4/c1-23-18-6-5-13-9-17-15-11-20(25-3)19(24-2)10-14(15)7-8-22(17)12-16(13)21(18)26-4/h5-6,10-11,17H,7-9,12H2,1-4H3/t17-/m0/s1/i1D3. The van der Waals surface area contributed by atoms with Crippen LogP contribution in [0.5, 0.6) is 23.0 Å². The van der Waals surface area contributed by atoms with Crippen molar-refractivity contribution in [2.75, 3.05) is 34.9 Å². The minimum atomic E-state index is -2.52. The average molecular weight is 358 g/mol. The van der Waals surface area contributed by atoms with Gasteiger partial charge in [0.15, 0.2) is 23.0 Å². The summed E-state index contributed by atoms with van der Waals surface area (Å²) in [7, 11) is 2.34. The van der Waals surface area contributed by atoms with Gasteiger partial charge in [-0.1, -0.05) is 6.07 Å². The molecule has 0 radical (unpaired) electrons. The van der Waals surface area contributed by atoms with Gasteiger partial charge in [-0.3, -0.25) is 4.90 Å². The Balaban J connectivity index is 1.73. The second kappa shape index (κ2) is 6.72. The molecule has 0 N–H and O–H groups in total. The number of rotatable bonds is 4. The monoisotopic (exact) mass is 358 g/mol. The van der Waals surface area contributed by atoms with E-state index in [4.69, 9.17) is 23.1 Å². The molecule has 2 aliphatic heterocycles. The maximum Gasteiger partial charge on any atom is 0.165 e. The van der Waals surface area contributed by atoms with E-state index in [1.165, 1.54) is 11.1 Å². The lowest BCUT2D eigenvalue weighted by Crippen LogP contribution is -2.39. The Kier molecular flexibility index (Phi) is 3.56. The number of hydrogen-bond acceptors (Lipinski definition) is 5. The van der Waals surface area contributed by atoms with Crippen LogP contribution in [0.2, 0.25) is 0 Å². The lowest BCUT2D eigenvalue weighted by molar-refractivity contribution is 0.157. The SMILES string of the molecule is [2H]C([2H])([2H])Oc1ccc2c(c1OC)CN1CCc3cc(OC)c(OC)cc3[C@@H]1C2. The summed E-state index contributed by atoms with van der Waals surface area (Å²) in [6, 6.07) is 8.03. The zero-order valence-corrected chi connectivity index (χ0v) is 15.3. The van der Waals surface area contributed by atoms with Crippen LogP contribution in [0.1, 0.15) is 32.4 Å². The van der Waals surface area contributed by atoms with Gasteiger partial charge in [-0.05, 0) is 47.7 Å². The highest BCUT2D eigenvalue weighted by molar-refractivity contribution is 5.54. The third-order valence-corrected chi connectivity index (χ3v) is 5.52. The Hall–Kier alpha value is -2.40. The van der Waals surface area contributed by atoms with Gasteiger partial charge in [-0.15, -0.1) is 0 Å². The van der Waals surface area contributed by atoms with Crippen LogP contribution >= 0.6 is 0 Å². The quantitative estimate of drug-likeness (QED) is 0.838. The molecule has 5 heteroatoms. The van der Waals surface area contributed by atoms with Crippen LogP contribution in [0.25, 0.3) is 0 Å². The van der Waals surface area contributed by atoms with Gasteiger partial charge in [0.1, 0.15) is 0 Å². The molecule has 4 rings (SSSR count). The summed E-state index contributed by atoms with van der Waals surface area (Å²) in [6.45, 7) is 1.58. The number of methoxy groups -OCH3 is 4. The summed E-state index contributed by atoms with van der Waals surface area (Å²) < 4.78 is 43.9. The number of ether oxygens (including phenoxy) is 4. The van der Waals surface area contributed by atoms with Crippen molar-refractivity contribution in [2.24, 2.45) is 0 Å². The van der Waals surface area contributed by atoms with E-state index in [0.717, 1.165) is 42.0 Å². The first kappa shape index (κ1) is 13.8. The van der Waals surface area contributed by atoms with Crippen molar-refractivity contribution in [3.8, 4) is 23.0 Å². The Morgan fingerprint density at radius 1 is 0.962 bits per heavy atom. The zero-order chi connectivity index (χ0) is 20.8. The number of benzene rings is 2. The molecular formula is C21H25NO4. The molecule has 0 saturated heterocycles. The van der Waals surface area contributed by atoms with E-state index in [0.29, 0.717) is 12.3 Å². The second-order valence-electron chi connectivity index (χ2n) is 6.68. The molecular weight excluding hydrogens is 330 g/mol. The van der Waals surface area contributed by atoms with Crippen LogP contribution in [0.3, 0.4) is 0 Å². The van der Waals surface area contributed by atoms with Crippen molar-refractivity contribution in [1.29, 1.82) is 0 Å². The maximum atomic E-state index is 7.40. The Morgan fingerprint density at radius 2 is 1.77 bits per heavy atom. The predicted octanol–water partition coefficient (Wildman–Crippen LogP) is 3.38. The van der Waals surface area contributed by atoms with Crippen LogP contribution in [-0.2, 0) is 19.4 Å². The lowest BCUT2D eigenvalue weighted by Gasteiger charge is -2.42. The van der Waals surface area contributed by atoms with Crippen molar-refractivity contribution < 1.29 is 23.1 Å². The molecule has 2 aromatic carbocycles. The van der Waals surface area contributed by atoms with Crippen LogP contribution in [0.4, 0.5) is 0 Å². The van der Waals surface area contributed by atoms with E-state index in [-0.39, 0.29) is 11.8 Å². The molecule has 0 saturated carbocycles. The fourth-order valence-corrected chi connectivity index (χ4v) is 4.24. The molecule has 0 amide bonds. The molecule has 2 aliphatic rings. The van der Waals surface area contributed by atoms with Crippen LogP contribution in [-0.4, -0.2) is 39.8 Å². The van der Waals surface area contributed by atoms with E-state index < -0.39 is 7.04 Å². The topological polar surface area (TPSA) is 40.2 Å². The van der Waals surface area contributed by atoms with Gasteiger partial charge < -0.3 is 18.9 Å². The highest BCUT2D eigenvalue weighted by Crippen LogP contribution is 2.45. The second-order valence-corrected chi connectivity index (χ2v) is 6.68. The highest BCUT2D eigenvalue weighted by atomic mass is 16.5. The summed E-state index contributed by atoms with van der Waals surface area (Å²) in [5.74, 6) is 2.26. The van der Waals surface area contributed by atoms with Crippen LogP contribution in [0.15, 0.2) is 24.3 Å². The smallest absolute Gasteiger partial charge is 0.165 e. The molecule has 0 bridgehead atoms. The normalized spacial score (nSPS) is 20.6. The molecule has 5 nitrogen and oxygen atoms in total. The van der Waals surface area contributed by atoms with Gasteiger partial charge >= 0.3 is 0 Å². The molecule has 26 heavy (non-hydrogen) atoms. The summed E-state index contributed by atoms with van der Waals surface area (Å²) in [4.78, 5) is 2.40. The molecule has 1 atom stereocenters. The maximum absolute atomic E-state index is 7.40. The first-order valence-corrected chi connectivity index (χ1v) is 8.71. The van der Waals surface area contributed by atoms with Gasteiger partial charge in [-0.2, -0.15) is 0 Å². The van der Waals surface area contributed by atoms with Gasteiger partial charge in [0.05, 0.1) is 32.5 Å². The van der Waals surface area contributed by atoms with E-state index in [1.54, 1.807) is 27.4 Å². The molecule has 0 fully saturated rings. The molecule has 2 heterocycles. The third kappa shape index (κ3) is 2.58. The predicted molar refractivity (Wildman–Crippen MR) is 99.7 cm³/mol. The summed E-state index contributed by atoms with van der Waals surface area (Å²) in [5.41, 5.74) is 4.67. The van der Waals surface area contributed by atoms with Gasteiger partial charge in [0.2, 0.25) is 0 Å². The van der Waals surface area contributed by atoms with E-state index in [2.05, 4.69) is 17.0 Å². The third-order valence-electron chi connectivity index (χ3n) is 5.52. The Bertz CT molecular complexity index is 929. The minimum Gasteiger partial charge on any atom is -0.493 e. The van der Waals surface area contributed by atoms with E-state index in [1.807, 2.05) is 6.07 Å². The number of fused-ring (bicyclic) bond motifs is 4. The van der Waals surface area contributed by atoms with Gasteiger partial charge in [-0.25, -0.2) is 0 Å². The van der Waals surface area contributed by atoms with Crippen molar-refractivity contribution >= 4 is 0 Å². The first-order chi connectivity index (χ1) is 13.8. The van der Waals surface area contributed by atoms with Crippen molar-refractivity contribution in [3.05, 3.63) is 46.5 Å². The molecule has 0 unspecified atom stereocenters. The summed E-state index contributed by atoms with van der Waals surface area (Å²) >= 11 is 0. The summed E-state index contributed by atoms with van der Waals surface area (Å²) in [5, 5.41) is 0. The molecule has 138 valence electrons. The van der Waals surface area contributed by atoms with Crippen LogP contribution in [0, 0.1) is 0 Å². The Labute approximate surface area is 158 Å². The van der Waals surface area contributed by atoms with Crippen molar-refractivity contribution in [2.45, 2.75) is 25.4 Å². The van der Waals surface area contributed by atoms with Crippen LogP contribution < -0.4 is 18.9 Å². The number of hydrogen-bond donors (Lipinski definition) is 0. The lowest BCUT2D eigenvalue weighted by atomic mass is 9.83. The zero-order valence-electron chi connectivity index (χ0n) is 18.3. The molecule has 2 aromatic rings. The van der Waals surface area contributed by atoms with E-state index in [9.17, 15) is 0 Å². The van der Waals surface area contributed by atoms with E-state index >= 15 is 0 Å². The fraction of sp³-hybridized carbons (Fsp3) is 0.429. The number of nitrogens with zero attached hydrogens (tertiary/aromatic N) is 1. The van der Waals surface area contributed by atoms with Crippen molar-refractivity contribution in [3.63, 3.8) is 0 Å². The molecule has 0 aliphatic carbocycles. The fourth-order valence-electron chi connectivity index (χ4n) is 4.24. The Morgan fingerprint density at radius 3 is 2.50 bits per heavy atom. The minimum absolute atomic E-state index is 0.227. The first-order valence-electron chi connectivity index (χ1n) is 10.2. The van der Waals surface area contributed by atoms with Crippen molar-refractivity contribution in [1.82, 2.24) is 4.90 Å². The molecule has 0 aromatic heterocycles. The highest BCUT2D eigenvalue weighted by Gasteiger charge is 2.34. The molecule has 0 spiro atoms. The average Bonchev–Trinajstić information content (AvgIpc) is 2.70.